The van der Waals surface area contributed by atoms with E-state index >= 15 is 0 Å². The monoisotopic (exact) mass is 336 g/mol. The minimum absolute atomic E-state index is 0.103. The second-order valence-corrected chi connectivity index (χ2v) is 7.62. The molecule has 5 nitrogen and oxygen atoms in total. The number of amides is 1. The predicted octanol–water partition coefficient (Wildman–Crippen LogP) is 2.23. The van der Waals surface area contributed by atoms with Crippen molar-refractivity contribution in [2.45, 2.75) is 32.1 Å². The molecule has 1 aliphatic rings. The van der Waals surface area contributed by atoms with E-state index < -0.39 is 10.0 Å². The quantitative estimate of drug-likeness (QED) is 0.715. The lowest BCUT2D eigenvalue weighted by atomic mass is 9.97. The molecule has 0 heterocycles. The topological polar surface area (TPSA) is 75.3 Å². The van der Waals surface area contributed by atoms with Crippen molar-refractivity contribution in [1.29, 1.82) is 0 Å². The molecule has 0 aliphatic heterocycles. The maximum Gasteiger partial charge on any atom is 0.251 e. The van der Waals surface area contributed by atoms with Crippen molar-refractivity contribution in [3.8, 4) is 0 Å². The Morgan fingerprint density at radius 1 is 1.09 bits per heavy atom. The molecule has 126 valence electrons. The minimum atomic E-state index is -3.35. The van der Waals surface area contributed by atoms with Gasteiger partial charge in [0.25, 0.3) is 5.91 Å². The Morgan fingerprint density at radius 3 is 2.57 bits per heavy atom. The van der Waals surface area contributed by atoms with Crippen molar-refractivity contribution in [3.05, 3.63) is 47.5 Å². The normalized spacial score (nSPS) is 15.0. The van der Waals surface area contributed by atoms with Crippen molar-refractivity contribution in [2.24, 2.45) is 0 Å². The van der Waals surface area contributed by atoms with Crippen molar-refractivity contribution >= 4 is 15.9 Å². The number of carbonyl (C=O) groups is 1. The highest BCUT2D eigenvalue weighted by atomic mass is 32.2. The molecule has 0 spiro atoms. The zero-order chi connectivity index (χ0) is 16.5. The van der Waals surface area contributed by atoms with Gasteiger partial charge in [-0.1, -0.05) is 29.8 Å². The fourth-order valence-electron chi connectivity index (χ4n) is 2.56. The Balaban J connectivity index is 1.67. The Bertz CT molecular complexity index is 639. The molecule has 23 heavy (non-hydrogen) atoms. The predicted molar refractivity (Wildman–Crippen MR) is 91.7 cm³/mol. The Morgan fingerprint density at radius 2 is 1.87 bits per heavy atom. The van der Waals surface area contributed by atoms with E-state index in [0.29, 0.717) is 12.1 Å². The summed E-state index contributed by atoms with van der Waals surface area (Å²) in [4.78, 5) is 11.8. The zero-order valence-electron chi connectivity index (χ0n) is 13.3. The first kappa shape index (κ1) is 17.7. The molecule has 0 saturated heterocycles. The largest absolute Gasteiger partial charge is 0.351 e. The summed E-state index contributed by atoms with van der Waals surface area (Å²) in [6.07, 6.45) is 7.61. The van der Waals surface area contributed by atoms with Crippen LogP contribution in [0.4, 0.5) is 0 Å². The van der Waals surface area contributed by atoms with Crippen LogP contribution in [0.1, 0.15) is 42.5 Å². The zero-order valence-corrected chi connectivity index (χ0v) is 14.1. The molecule has 2 rings (SSSR count). The van der Waals surface area contributed by atoms with Crippen LogP contribution in [-0.2, 0) is 10.0 Å². The molecule has 6 heteroatoms. The summed E-state index contributed by atoms with van der Waals surface area (Å²) in [5.74, 6) is -0.363. The summed E-state index contributed by atoms with van der Waals surface area (Å²) in [5, 5.41) is 2.63. The van der Waals surface area contributed by atoms with Crippen molar-refractivity contribution in [3.63, 3.8) is 0 Å². The lowest BCUT2D eigenvalue weighted by Gasteiger charge is -2.13. The van der Waals surface area contributed by atoms with Crippen LogP contribution in [0.5, 0.6) is 0 Å². The smallest absolute Gasteiger partial charge is 0.251 e. The van der Waals surface area contributed by atoms with E-state index in [0.717, 1.165) is 19.3 Å². The Labute approximate surface area is 138 Å². The highest BCUT2D eigenvalue weighted by molar-refractivity contribution is 7.89. The van der Waals surface area contributed by atoms with Gasteiger partial charge in [0.2, 0.25) is 10.0 Å². The summed E-state index contributed by atoms with van der Waals surface area (Å²) in [7, 11) is -3.35. The average molecular weight is 336 g/mol. The van der Waals surface area contributed by atoms with Gasteiger partial charge in [0.05, 0.1) is 5.75 Å². The van der Waals surface area contributed by atoms with Crippen molar-refractivity contribution in [2.75, 3.05) is 18.8 Å². The van der Waals surface area contributed by atoms with Crippen molar-refractivity contribution < 1.29 is 13.2 Å². The van der Waals surface area contributed by atoms with Crippen LogP contribution in [0.2, 0.25) is 0 Å². The molecule has 0 saturated carbocycles. The fourth-order valence-corrected chi connectivity index (χ4v) is 3.49. The van der Waals surface area contributed by atoms with Gasteiger partial charge in [-0.15, -0.1) is 0 Å². The minimum Gasteiger partial charge on any atom is -0.351 e. The third kappa shape index (κ3) is 6.54. The second-order valence-electron chi connectivity index (χ2n) is 5.69. The summed E-state index contributed by atoms with van der Waals surface area (Å²) >= 11 is 0. The van der Waals surface area contributed by atoms with E-state index in [4.69, 9.17) is 0 Å². The number of allylic oxidation sites excluding steroid dienone is 1. The van der Waals surface area contributed by atoms with Gasteiger partial charge in [-0.25, -0.2) is 13.1 Å². The Kier molecular flexibility index (Phi) is 6.80. The van der Waals surface area contributed by atoms with Gasteiger partial charge in [-0.3, -0.25) is 4.79 Å². The van der Waals surface area contributed by atoms with Gasteiger partial charge in [0.1, 0.15) is 0 Å². The first-order valence-electron chi connectivity index (χ1n) is 8.05. The molecule has 1 aromatic carbocycles. The maximum atomic E-state index is 11.9. The summed E-state index contributed by atoms with van der Waals surface area (Å²) in [5.41, 5.74) is 1.87. The van der Waals surface area contributed by atoms with Crippen LogP contribution in [0, 0.1) is 0 Å². The highest BCUT2D eigenvalue weighted by Crippen LogP contribution is 2.19. The molecule has 2 N–H and O–H groups in total. The van der Waals surface area contributed by atoms with Crippen LogP contribution < -0.4 is 10.0 Å². The molecule has 0 atom stereocenters. The van der Waals surface area contributed by atoms with Gasteiger partial charge in [-0.2, -0.15) is 0 Å². The summed E-state index contributed by atoms with van der Waals surface area (Å²) in [6, 6.07) is 8.76. The van der Waals surface area contributed by atoms with Gasteiger partial charge < -0.3 is 5.32 Å². The molecule has 1 amide bonds. The molecule has 1 aromatic rings. The van der Waals surface area contributed by atoms with Crippen LogP contribution in [0.25, 0.3) is 0 Å². The van der Waals surface area contributed by atoms with Crippen molar-refractivity contribution in [1.82, 2.24) is 10.0 Å². The molecular formula is C17H24N2O3S. The Hall–Kier alpha value is -1.66. The molecule has 0 bridgehead atoms. The van der Waals surface area contributed by atoms with Crippen LogP contribution in [-0.4, -0.2) is 33.2 Å². The lowest BCUT2D eigenvalue weighted by molar-refractivity contribution is 0.0956. The third-order valence-electron chi connectivity index (χ3n) is 3.85. The van der Waals surface area contributed by atoms with Crippen LogP contribution in [0.15, 0.2) is 42.0 Å². The first-order valence-corrected chi connectivity index (χ1v) is 9.70. The standard InChI is InChI=1S/C17H24N2O3S/c20-17(16-9-5-2-6-10-16)18-13-14-23(21,22)19-12-11-15-7-3-1-4-8-15/h2,5-7,9-10,19H,1,3-4,8,11-14H2,(H,18,20). The molecular weight excluding hydrogens is 312 g/mol. The number of carbonyl (C=O) groups excluding carboxylic acids is 1. The molecule has 0 unspecified atom stereocenters. The number of hydrogen-bond donors (Lipinski definition) is 2. The fraction of sp³-hybridized carbons (Fsp3) is 0.471. The van der Waals surface area contributed by atoms with E-state index in [2.05, 4.69) is 16.1 Å². The molecule has 0 radical (unpaired) electrons. The lowest BCUT2D eigenvalue weighted by Crippen LogP contribution is -2.35. The SMILES string of the molecule is O=C(NCCS(=O)(=O)NCCC1=CCCCC1)c1ccccc1. The van der Waals surface area contributed by atoms with E-state index in [9.17, 15) is 13.2 Å². The van der Waals surface area contributed by atoms with E-state index in [1.807, 2.05) is 6.07 Å². The average Bonchev–Trinajstić information content (AvgIpc) is 2.56. The van der Waals surface area contributed by atoms with Gasteiger partial charge in [0, 0.05) is 18.7 Å². The number of nitrogens with one attached hydrogen (secondary N) is 2. The number of benzene rings is 1. The van der Waals surface area contributed by atoms with Crippen LogP contribution >= 0.6 is 0 Å². The van der Waals surface area contributed by atoms with E-state index in [1.54, 1.807) is 24.3 Å². The van der Waals surface area contributed by atoms with Gasteiger partial charge in [0.15, 0.2) is 0 Å². The summed E-state index contributed by atoms with van der Waals surface area (Å²) in [6.45, 7) is 0.534. The molecule has 0 fully saturated rings. The third-order valence-corrected chi connectivity index (χ3v) is 5.23. The van der Waals surface area contributed by atoms with E-state index in [-0.39, 0.29) is 18.2 Å². The second kappa shape index (κ2) is 8.84. The van der Waals surface area contributed by atoms with Gasteiger partial charge >= 0.3 is 0 Å². The number of sulfonamides is 1. The summed E-state index contributed by atoms with van der Waals surface area (Å²) < 4.78 is 26.4. The van der Waals surface area contributed by atoms with Crippen LogP contribution in [0.3, 0.4) is 0 Å². The molecule has 1 aliphatic carbocycles. The first-order chi connectivity index (χ1) is 11.1. The van der Waals surface area contributed by atoms with Gasteiger partial charge in [-0.05, 0) is 44.2 Å². The number of hydrogen-bond acceptors (Lipinski definition) is 3. The highest BCUT2D eigenvalue weighted by Gasteiger charge is 2.12. The molecule has 0 aromatic heterocycles. The number of rotatable bonds is 8. The van der Waals surface area contributed by atoms with E-state index in [1.165, 1.54) is 18.4 Å². The maximum absolute atomic E-state index is 11.9.